The first kappa shape index (κ1) is 22.2. The maximum atomic E-state index is 13.1. The lowest BCUT2D eigenvalue weighted by atomic mass is 9.97. The molecule has 0 spiro atoms. The molecule has 8 heteroatoms. The predicted octanol–water partition coefficient (Wildman–Crippen LogP) is 5.28. The van der Waals surface area contributed by atoms with Gasteiger partial charge in [-0.15, -0.1) is 0 Å². The number of aryl methyl sites for hydroxylation is 1. The van der Waals surface area contributed by atoms with Crippen LogP contribution in [-0.2, 0) is 19.1 Å². The third kappa shape index (κ3) is 5.09. The van der Waals surface area contributed by atoms with Crippen molar-refractivity contribution >= 4 is 23.1 Å². The van der Waals surface area contributed by atoms with Crippen molar-refractivity contribution in [1.82, 2.24) is 9.47 Å². The van der Waals surface area contributed by atoms with Gasteiger partial charge in [0.1, 0.15) is 0 Å². The number of piperazine rings is 1. The van der Waals surface area contributed by atoms with Gasteiger partial charge in [-0.3, -0.25) is 9.69 Å². The molecule has 0 unspecified atom stereocenters. The van der Waals surface area contributed by atoms with Crippen molar-refractivity contribution in [2.75, 3.05) is 37.6 Å². The molecule has 31 heavy (non-hydrogen) atoms. The van der Waals surface area contributed by atoms with Gasteiger partial charge in [0.2, 0.25) is 0 Å². The van der Waals surface area contributed by atoms with Gasteiger partial charge in [-0.1, -0.05) is 11.6 Å². The smallest absolute Gasteiger partial charge is 0.369 e. The molecule has 4 rings (SSSR count). The van der Waals surface area contributed by atoms with Crippen LogP contribution in [0.2, 0.25) is 5.02 Å². The minimum absolute atomic E-state index is 0.261. The second-order valence-electron chi connectivity index (χ2n) is 8.34. The molecule has 1 saturated heterocycles. The fraction of sp³-hybridized carbons (Fsp3) is 0.522. The highest BCUT2D eigenvalue weighted by Crippen LogP contribution is 2.37. The molecule has 1 aromatic carbocycles. The Morgan fingerprint density at radius 3 is 2.45 bits per heavy atom. The Morgan fingerprint density at radius 2 is 1.71 bits per heavy atom. The molecular weight excluding hydrogens is 427 g/mol. The fourth-order valence-corrected chi connectivity index (χ4v) is 4.80. The van der Waals surface area contributed by atoms with Crippen LogP contribution in [-0.4, -0.2) is 48.0 Å². The Balaban J connectivity index is 1.23. The number of benzene rings is 1. The summed E-state index contributed by atoms with van der Waals surface area (Å²) in [5.41, 5.74) is 1.88. The predicted molar refractivity (Wildman–Crippen MR) is 116 cm³/mol. The quantitative estimate of drug-likeness (QED) is 0.557. The lowest BCUT2D eigenvalue weighted by Gasteiger charge is -2.36. The van der Waals surface area contributed by atoms with E-state index in [4.69, 9.17) is 11.6 Å². The maximum absolute atomic E-state index is 13.1. The number of hydrogen-bond acceptors (Lipinski definition) is 3. The first-order chi connectivity index (χ1) is 14.8. The van der Waals surface area contributed by atoms with Crippen molar-refractivity contribution < 1.29 is 18.0 Å². The first-order valence-corrected chi connectivity index (χ1v) is 11.3. The lowest BCUT2D eigenvalue weighted by molar-refractivity contribution is -0.137. The molecular formula is C23H27ClF3N3O. The van der Waals surface area contributed by atoms with Gasteiger partial charge in [-0.25, -0.2) is 0 Å². The summed E-state index contributed by atoms with van der Waals surface area (Å²) in [5, 5.41) is -0.261. The van der Waals surface area contributed by atoms with Crippen LogP contribution in [0.1, 0.15) is 47.3 Å². The van der Waals surface area contributed by atoms with Crippen LogP contribution < -0.4 is 4.90 Å². The number of halogens is 4. The van der Waals surface area contributed by atoms with Gasteiger partial charge in [0, 0.05) is 62.3 Å². The van der Waals surface area contributed by atoms with E-state index in [9.17, 15) is 18.0 Å². The molecule has 0 N–H and O–H groups in total. The van der Waals surface area contributed by atoms with E-state index in [0.717, 1.165) is 63.5 Å². The number of unbranched alkanes of at least 4 members (excludes halogenated alkanes) is 1. The molecule has 1 aliphatic carbocycles. The number of carbonyl (C=O) groups excluding carboxylic acids is 1. The highest BCUT2D eigenvalue weighted by Gasteiger charge is 2.34. The molecule has 0 saturated carbocycles. The largest absolute Gasteiger partial charge is 0.417 e. The first-order valence-electron chi connectivity index (χ1n) is 10.9. The lowest BCUT2D eigenvalue weighted by Crippen LogP contribution is -2.46. The monoisotopic (exact) mass is 453 g/mol. The number of ketones is 1. The zero-order valence-corrected chi connectivity index (χ0v) is 18.2. The Bertz CT molecular complexity index is 933. The van der Waals surface area contributed by atoms with Gasteiger partial charge in [-0.2, -0.15) is 13.2 Å². The molecule has 2 aliphatic rings. The highest BCUT2D eigenvalue weighted by atomic mass is 35.5. The van der Waals surface area contributed by atoms with E-state index in [1.807, 2.05) is 17.2 Å². The minimum Gasteiger partial charge on any atom is -0.369 e. The van der Waals surface area contributed by atoms with Crippen molar-refractivity contribution in [2.45, 2.75) is 44.8 Å². The van der Waals surface area contributed by atoms with Crippen molar-refractivity contribution in [1.29, 1.82) is 0 Å². The summed E-state index contributed by atoms with van der Waals surface area (Å²) in [7, 11) is 0. The summed E-state index contributed by atoms with van der Waals surface area (Å²) in [6.07, 6.45) is 2.28. The molecule has 0 radical (unpaired) electrons. The van der Waals surface area contributed by atoms with Crippen molar-refractivity contribution in [3.8, 4) is 0 Å². The van der Waals surface area contributed by atoms with Crippen LogP contribution in [0.3, 0.4) is 0 Å². The number of alkyl halides is 3. The molecule has 1 aromatic heterocycles. The number of Topliss-reactive ketones (excluding diaryl/α,β-unsaturated/α-hetero) is 1. The molecule has 2 aromatic rings. The van der Waals surface area contributed by atoms with Crippen LogP contribution >= 0.6 is 11.6 Å². The van der Waals surface area contributed by atoms with Gasteiger partial charge in [0.05, 0.1) is 10.6 Å². The van der Waals surface area contributed by atoms with E-state index >= 15 is 0 Å². The van der Waals surface area contributed by atoms with Crippen molar-refractivity contribution in [3.63, 3.8) is 0 Å². The van der Waals surface area contributed by atoms with Crippen molar-refractivity contribution in [3.05, 3.63) is 52.3 Å². The second-order valence-corrected chi connectivity index (χ2v) is 8.75. The zero-order valence-electron chi connectivity index (χ0n) is 17.4. The Morgan fingerprint density at radius 1 is 0.968 bits per heavy atom. The summed E-state index contributed by atoms with van der Waals surface area (Å²) in [6.45, 7) is 4.96. The summed E-state index contributed by atoms with van der Waals surface area (Å²) >= 11 is 5.73. The molecule has 0 amide bonds. The highest BCUT2D eigenvalue weighted by molar-refractivity contribution is 6.31. The molecule has 1 fully saturated rings. The minimum atomic E-state index is -4.44. The van der Waals surface area contributed by atoms with Crippen LogP contribution in [0.15, 0.2) is 30.5 Å². The second kappa shape index (κ2) is 9.25. The number of aromatic nitrogens is 1. The molecule has 168 valence electrons. The molecule has 1 aliphatic heterocycles. The summed E-state index contributed by atoms with van der Waals surface area (Å²) in [6, 6.07) is 6.10. The average molecular weight is 454 g/mol. The van der Waals surface area contributed by atoms with E-state index in [-0.39, 0.29) is 10.8 Å². The van der Waals surface area contributed by atoms with Crippen molar-refractivity contribution in [2.24, 2.45) is 0 Å². The number of rotatable bonds is 6. The Kier molecular flexibility index (Phi) is 6.63. The topological polar surface area (TPSA) is 28.5 Å². The van der Waals surface area contributed by atoms with E-state index in [2.05, 4.69) is 9.47 Å². The van der Waals surface area contributed by atoms with Gasteiger partial charge >= 0.3 is 6.18 Å². The standard InChI is InChI=1S/C23H27ClF3N3O/c24-20-7-6-17(16-19(20)23(25,26)27)29-14-12-28(13-15-29)9-1-2-10-30-11-8-18-21(30)4-3-5-22(18)31/h6-8,11,16H,1-5,9-10,12-15H2. The number of carbonyl (C=O) groups is 1. The average Bonchev–Trinajstić information content (AvgIpc) is 3.16. The van der Waals surface area contributed by atoms with Crippen LogP contribution in [0, 0.1) is 0 Å². The van der Waals surface area contributed by atoms with Gasteiger partial charge in [0.25, 0.3) is 0 Å². The molecule has 4 nitrogen and oxygen atoms in total. The third-order valence-electron chi connectivity index (χ3n) is 6.31. The SMILES string of the molecule is O=C1CCCc2c1ccn2CCCCN1CCN(c2ccc(Cl)c(C(F)(F)F)c2)CC1. The van der Waals surface area contributed by atoms with Gasteiger partial charge in [0.15, 0.2) is 5.78 Å². The Labute approximate surface area is 185 Å². The normalized spacial score (nSPS) is 17.8. The molecule has 2 heterocycles. The number of nitrogens with zero attached hydrogens (tertiary/aromatic N) is 3. The van der Waals surface area contributed by atoms with Gasteiger partial charge < -0.3 is 9.47 Å². The third-order valence-corrected chi connectivity index (χ3v) is 6.64. The maximum Gasteiger partial charge on any atom is 0.417 e. The summed E-state index contributed by atoms with van der Waals surface area (Å²) < 4.78 is 41.6. The summed E-state index contributed by atoms with van der Waals surface area (Å²) in [4.78, 5) is 16.3. The molecule has 0 atom stereocenters. The van der Waals surface area contributed by atoms with Crippen LogP contribution in [0.4, 0.5) is 18.9 Å². The van der Waals surface area contributed by atoms with E-state index in [1.54, 1.807) is 6.07 Å². The number of hydrogen-bond donors (Lipinski definition) is 0. The van der Waals surface area contributed by atoms with E-state index in [0.29, 0.717) is 25.2 Å². The van der Waals surface area contributed by atoms with E-state index < -0.39 is 11.7 Å². The molecule has 0 bridgehead atoms. The van der Waals surface area contributed by atoms with Crippen LogP contribution in [0.25, 0.3) is 0 Å². The number of anilines is 1. The zero-order chi connectivity index (χ0) is 22.0. The van der Waals surface area contributed by atoms with Gasteiger partial charge in [-0.05, 0) is 56.5 Å². The van der Waals surface area contributed by atoms with Crippen LogP contribution in [0.5, 0.6) is 0 Å². The fourth-order valence-electron chi connectivity index (χ4n) is 4.57. The number of fused-ring (bicyclic) bond motifs is 1. The van der Waals surface area contributed by atoms with E-state index in [1.165, 1.54) is 11.8 Å². The summed E-state index contributed by atoms with van der Waals surface area (Å²) in [5.74, 6) is 0.265. The Hall–Kier alpha value is -1.99.